The number of rotatable bonds is 4. The summed E-state index contributed by atoms with van der Waals surface area (Å²) in [5.74, 6) is 1.82. The van der Waals surface area contributed by atoms with Crippen LogP contribution in [0.1, 0.15) is 13.8 Å². The zero-order valence-electron chi connectivity index (χ0n) is 12.1. The number of nitrogens with zero attached hydrogens (tertiary/aromatic N) is 4. The summed E-state index contributed by atoms with van der Waals surface area (Å²) in [6, 6.07) is 9.70. The first-order valence-electron chi connectivity index (χ1n) is 6.96. The molecule has 0 fully saturated rings. The van der Waals surface area contributed by atoms with Gasteiger partial charge in [0.2, 0.25) is 17.7 Å². The topological polar surface area (TPSA) is 81.1 Å². The van der Waals surface area contributed by atoms with Gasteiger partial charge in [-0.1, -0.05) is 18.2 Å². The van der Waals surface area contributed by atoms with E-state index in [2.05, 4.69) is 15.0 Å². The number of para-hydroxylation sites is 1. The number of benzene rings is 1. The van der Waals surface area contributed by atoms with Gasteiger partial charge in [-0.2, -0.15) is 15.0 Å². The molecule has 0 radical (unpaired) electrons. The molecule has 2 heterocycles. The maximum absolute atomic E-state index is 5.81. The molecular formula is C15H17N5O. The van der Waals surface area contributed by atoms with E-state index in [1.165, 1.54) is 0 Å². The standard InChI is InChI=1S/C15H17N5O/c1-3-20(4-2)15-18-13(17-14(16)19-15)12-9-10-7-5-6-8-11(10)21-12/h5-9H,3-4H2,1-2H3,(H2,16,17,18,19). The summed E-state index contributed by atoms with van der Waals surface area (Å²) in [7, 11) is 0. The summed E-state index contributed by atoms with van der Waals surface area (Å²) in [6.45, 7) is 5.70. The molecule has 6 heteroatoms. The second-order valence-electron chi connectivity index (χ2n) is 4.64. The minimum absolute atomic E-state index is 0.197. The Morgan fingerprint density at radius 2 is 1.86 bits per heavy atom. The van der Waals surface area contributed by atoms with Crippen LogP contribution in [0, 0.1) is 0 Å². The highest BCUT2D eigenvalue weighted by atomic mass is 16.3. The Bertz CT molecular complexity index is 731. The van der Waals surface area contributed by atoms with E-state index < -0.39 is 0 Å². The van der Waals surface area contributed by atoms with Crippen LogP contribution in [-0.2, 0) is 0 Å². The Morgan fingerprint density at radius 1 is 1.10 bits per heavy atom. The van der Waals surface area contributed by atoms with Crippen molar-refractivity contribution in [1.29, 1.82) is 0 Å². The molecule has 108 valence electrons. The van der Waals surface area contributed by atoms with Gasteiger partial charge in [0.15, 0.2) is 5.76 Å². The van der Waals surface area contributed by atoms with Crippen LogP contribution in [0.3, 0.4) is 0 Å². The number of aromatic nitrogens is 3. The molecule has 0 spiro atoms. The van der Waals surface area contributed by atoms with Gasteiger partial charge in [0.1, 0.15) is 5.58 Å². The molecule has 3 rings (SSSR count). The smallest absolute Gasteiger partial charge is 0.230 e. The molecule has 0 saturated heterocycles. The largest absolute Gasteiger partial charge is 0.453 e. The number of fused-ring (bicyclic) bond motifs is 1. The fourth-order valence-electron chi connectivity index (χ4n) is 2.23. The highest BCUT2D eigenvalue weighted by Crippen LogP contribution is 2.26. The summed E-state index contributed by atoms with van der Waals surface area (Å²) >= 11 is 0. The summed E-state index contributed by atoms with van der Waals surface area (Å²) < 4.78 is 5.78. The molecule has 0 aliphatic heterocycles. The molecule has 6 nitrogen and oxygen atoms in total. The maximum atomic E-state index is 5.81. The Labute approximate surface area is 122 Å². The normalized spacial score (nSPS) is 11.0. The summed E-state index contributed by atoms with van der Waals surface area (Å²) in [4.78, 5) is 14.9. The van der Waals surface area contributed by atoms with Crippen molar-refractivity contribution in [3.8, 4) is 11.6 Å². The van der Waals surface area contributed by atoms with Crippen LogP contribution in [0.25, 0.3) is 22.6 Å². The van der Waals surface area contributed by atoms with E-state index in [0.717, 1.165) is 24.1 Å². The van der Waals surface area contributed by atoms with Gasteiger partial charge in [0, 0.05) is 18.5 Å². The van der Waals surface area contributed by atoms with Crippen LogP contribution in [0.5, 0.6) is 0 Å². The van der Waals surface area contributed by atoms with E-state index in [-0.39, 0.29) is 5.95 Å². The first-order chi connectivity index (χ1) is 10.2. The van der Waals surface area contributed by atoms with E-state index in [9.17, 15) is 0 Å². The van der Waals surface area contributed by atoms with Gasteiger partial charge in [0.25, 0.3) is 0 Å². The van der Waals surface area contributed by atoms with Crippen molar-refractivity contribution in [2.45, 2.75) is 13.8 Å². The van der Waals surface area contributed by atoms with Crippen molar-refractivity contribution in [3.63, 3.8) is 0 Å². The molecule has 2 aromatic heterocycles. The van der Waals surface area contributed by atoms with E-state index in [4.69, 9.17) is 10.2 Å². The Morgan fingerprint density at radius 3 is 2.57 bits per heavy atom. The van der Waals surface area contributed by atoms with Gasteiger partial charge in [-0.3, -0.25) is 0 Å². The predicted molar refractivity (Wildman–Crippen MR) is 83.0 cm³/mol. The lowest BCUT2D eigenvalue weighted by atomic mass is 10.2. The Hall–Kier alpha value is -2.63. The van der Waals surface area contributed by atoms with Crippen molar-refractivity contribution in [1.82, 2.24) is 15.0 Å². The minimum atomic E-state index is 0.197. The third-order valence-corrected chi connectivity index (χ3v) is 3.33. The molecule has 21 heavy (non-hydrogen) atoms. The number of furan rings is 1. The lowest BCUT2D eigenvalue weighted by Gasteiger charge is -2.18. The van der Waals surface area contributed by atoms with Gasteiger partial charge in [-0.15, -0.1) is 0 Å². The van der Waals surface area contributed by atoms with Crippen molar-refractivity contribution < 1.29 is 4.42 Å². The van der Waals surface area contributed by atoms with Crippen molar-refractivity contribution in [2.75, 3.05) is 23.7 Å². The minimum Gasteiger partial charge on any atom is -0.453 e. The number of nitrogens with two attached hydrogens (primary N) is 1. The summed E-state index contributed by atoms with van der Waals surface area (Å²) in [6.07, 6.45) is 0. The zero-order valence-corrected chi connectivity index (χ0v) is 12.1. The molecule has 3 aromatic rings. The quantitative estimate of drug-likeness (QED) is 0.793. The highest BCUT2D eigenvalue weighted by Gasteiger charge is 2.14. The first kappa shape index (κ1) is 13.4. The maximum Gasteiger partial charge on any atom is 0.230 e. The van der Waals surface area contributed by atoms with Crippen LogP contribution < -0.4 is 10.6 Å². The van der Waals surface area contributed by atoms with Gasteiger partial charge < -0.3 is 15.1 Å². The Balaban J connectivity index is 2.09. The Kier molecular flexibility index (Phi) is 3.43. The third kappa shape index (κ3) is 2.52. The van der Waals surface area contributed by atoms with Gasteiger partial charge >= 0.3 is 0 Å². The molecule has 0 aliphatic rings. The fourth-order valence-corrected chi connectivity index (χ4v) is 2.23. The monoisotopic (exact) mass is 283 g/mol. The number of nitrogen functional groups attached to an aromatic ring is 1. The molecule has 0 unspecified atom stereocenters. The average molecular weight is 283 g/mol. The van der Waals surface area contributed by atoms with Gasteiger partial charge in [-0.05, 0) is 26.0 Å². The van der Waals surface area contributed by atoms with Gasteiger partial charge in [0.05, 0.1) is 0 Å². The zero-order chi connectivity index (χ0) is 14.8. The van der Waals surface area contributed by atoms with Crippen molar-refractivity contribution in [2.24, 2.45) is 0 Å². The number of hydrogen-bond acceptors (Lipinski definition) is 6. The first-order valence-corrected chi connectivity index (χ1v) is 6.96. The second-order valence-corrected chi connectivity index (χ2v) is 4.64. The molecule has 0 atom stereocenters. The molecule has 0 saturated carbocycles. The third-order valence-electron chi connectivity index (χ3n) is 3.33. The molecule has 2 N–H and O–H groups in total. The SMILES string of the molecule is CCN(CC)c1nc(N)nc(-c2cc3ccccc3o2)n1. The molecular weight excluding hydrogens is 266 g/mol. The fraction of sp³-hybridized carbons (Fsp3) is 0.267. The van der Waals surface area contributed by atoms with Crippen LogP contribution in [-0.4, -0.2) is 28.0 Å². The van der Waals surface area contributed by atoms with Crippen LogP contribution >= 0.6 is 0 Å². The lowest BCUT2D eigenvalue weighted by Crippen LogP contribution is -2.25. The van der Waals surface area contributed by atoms with Gasteiger partial charge in [-0.25, -0.2) is 0 Å². The van der Waals surface area contributed by atoms with Crippen molar-refractivity contribution >= 4 is 22.9 Å². The summed E-state index contributed by atoms with van der Waals surface area (Å²) in [5.41, 5.74) is 6.61. The predicted octanol–water partition coefficient (Wildman–Crippen LogP) is 2.71. The van der Waals surface area contributed by atoms with E-state index in [1.807, 2.05) is 49.1 Å². The van der Waals surface area contributed by atoms with E-state index in [1.54, 1.807) is 0 Å². The molecule has 0 amide bonds. The summed E-state index contributed by atoms with van der Waals surface area (Å²) in [5, 5.41) is 1.01. The molecule has 0 bridgehead atoms. The highest BCUT2D eigenvalue weighted by molar-refractivity contribution is 5.81. The number of hydrogen-bond donors (Lipinski definition) is 1. The molecule has 1 aromatic carbocycles. The van der Waals surface area contributed by atoms with Crippen LogP contribution in [0.15, 0.2) is 34.7 Å². The van der Waals surface area contributed by atoms with Crippen LogP contribution in [0.2, 0.25) is 0 Å². The van der Waals surface area contributed by atoms with E-state index in [0.29, 0.717) is 17.5 Å². The number of anilines is 2. The van der Waals surface area contributed by atoms with Crippen LogP contribution in [0.4, 0.5) is 11.9 Å². The van der Waals surface area contributed by atoms with Crippen molar-refractivity contribution in [3.05, 3.63) is 30.3 Å². The second kappa shape index (κ2) is 5.40. The average Bonchev–Trinajstić information content (AvgIpc) is 2.92. The lowest BCUT2D eigenvalue weighted by molar-refractivity contribution is 0.624. The van der Waals surface area contributed by atoms with E-state index >= 15 is 0 Å². The molecule has 0 aliphatic carbocycles.